The minimum Gasteiger partial charge on any atom is -0.270 e. The van der Waals surface area contributed by atoms with Crippen molar-refractivity contribution in [1.29, 1.82) is 0 Å². The van der Waals surface area contributed by atoms with Crippen LogP contribution in [0, 0.1) is 0 Å². The first-order valence-electron chi connectivity index (χ1n) is 10.6. The molecule has 2 amide bonds. The largest absolute Gasteiger partial charge is 0.359 e. The second kappa shape index (κ2) is 11.1. The lowest BCUT2D eigenvalue weighted by Crippen LogP contribution is -2.80. The fourth-order valence-corrected chi connectivity index (χ4v) is 6.54. The van der Waals surface area contributed by atoms with Gasteiger partial charge in [0.25, 0.3) is 5.91 Å². The van der Waals surface area contributed by atoms with Crippen molar-refractivity contribution in [3.63, 3.8) is 0 Å². The predicted molar refractivity (Wildman–Crippen MR) is 127 cm³/mol. The van der Waals surface area contributed by atoms with Crippen molar-refractivity contribution in [1.82, 2.24) is 5.43 Å². The average molecular weight is 490 g/mol. The van der Waals surface area contributed by atoms with Crippen LogP contribution >= 0.6 is 27.7 Å². The molecule has 2 aromatic carbocycles. The standard InChI is InChI=1S/C24H29BrN2O2S/c1-19(28)26-27(17-11-3-2-6-12-20-13-7-4-8-14-20)23(29)22(25)24(27)30-18-21-15-9-5-10-16-21/h4-5,7-10,13-16,22,24H,2-3,6,11-12,17-18H2,1H3/p+1. The van der Waals surface area contributed by atoms with E-state index in [9.17, 15) is 9.59 Å². The maximum atomic E-state index is 12.8. The number of β-lactam (4-membered cyclic amide) rings is 1. The zero-order valence-electron chi connectivity index (χ0n) is 17.4. The molecule has 3 atom stereocenters. The van der Waals surface area contributed by atoms with Gasteiger partial charge >= 0.3 is 5.91 Å². The van der Waals surface area contributed by atoms with Gasteiger partial charge in [0, 0.05) is 12.7 Å². The molecule has 30 heavy (non-hydrogen) atoms. The lowest BCUT2D eigenvalue weighted by atomic mass is 10.1. The summed E-state index contributed by atoms with van der Waals surface area (Å²) in [7, 11) is 0. The lowest BCUT2D eigenvalue weighted by Gasteiger charge is -2.50. The van der Waals surface area contributed by atoms with E-state index in [2.05, 4.69) is 57.8 Å². The quantitative estimate of drug-likeness (QED) is 0.203. The van der Waals surface area contributed by atoms with Gasteiger partial charge in [-0.25, -0.2) is 4.79 Å². The Balaban J connectivity index is 1.52. The van der Waals surface area contributed by atoms with E-state index in [4.69, 9.17) is 0 Å². The summed E-state index contributed by atoms with van der Waals surface area (Å²) in [5.74, 6) is 0.717. The molecule has 1 saturated heterocycles. The molecule has 0 spiro atoms. The fourth-order valence-electron chi connectivity index (χ4n) is 3.96. The number of hydrogen-bond donors (Lipinski definition) is 1. The minimum absolute atomic E-state index is 0.00840. The SMILES string of the molecule is CC(=O)N[N+]1(CCCCCCc2ccccc2)C(=O)C(Br)C1SCc1ccccc1. The Bertz CT molecular complexity index is 834. The van der Waals surface area contributed by atoms with Crippen molar-refractivity contribution in [2.24, 2.45) is 0 Å². The Kier molecular flexibility index (Phi) is 8.54. The van der Waals surface area contributed by atoms with Gasteiger partial charge in [-0.15, -0.1) is 4.59 Å². The number of amides is 2. The molecule has 0 aliphatic carbocycles. The fraction of sp³-hybridized carbons (Fsp3) is 0.417. The molecule has 1 heterocycles. The van der Waals surface area contributed by atoms with Gasteiger partial charge in [0.05, 0.1) is 0 Å². The summed E-state index contributed by atoms with van der Waals surface area (Å²) in [6.45, 7) is 2.14. The molecule has 0 bridgehead atoms. The number of benzene rings is 2. The molecule has 0 aromatic heterocycles. The first-order chi connectivity index (χ1) is 14.5. The van der Waals surface area contributed by atoms with Gasteiger partial charge in [0.2, 0.25) is 0 Å². The van der Waals surface area contributed by atoms with Crippen LogP contribution in [-0.2, 0) is 21.8 Å². The number of nitrogens with zero attached hydrogens (tertiary/aromatic N) is 1. The van der Waals surface area contributed by atoms with Crippen molar-refractivity contribution in [2.45, 2.75) is 55.0 Å². The van der Waals surface area contributed by atoms with Crippen molar-refractivity contribution in [3.05, 3.63) is 71.8 Å². The van der Waals surface area contributed by atoms with E-state index in [1.54, 1.807) is 11.8 Å². The third-order valence-corrected chi connectivity index (χ3v) is 8.22. The predicted octanol–water partition coefficient (Wildman–Crippen LogP) is 5.22. The molecular weight excluding hydrogens is 460 g/mol. The molecule has 0 saturated carbocycles. The van der Waals surface area contributed by atoms with E-state index in [-0.39, 0.29) is 26.6 Å². The number of nitrogens with one attached hydrogen (secondary N) is 1. The molecule has 1 fully saturated rings. The number of carbonyl (C=O) groups excluding carboxylic acids is 2. The van der Waals surface area contributed by atoms with Crippen LogP contribution in [0.4, 0.5) is 0 Å². The number of thioether (sulfide) groups is 1. The second-order valence-corrected chi connectivity index (χ2v) is 9.93. The van der Waals surface area contributed by atoms with Gasteiger partial charge < -0.3 is 0 Å². The highest BCUT2D eigenvalue weighted by Gasteiger charge is 2.64. The highest BCUT2D eigenvalue weighted by Crippen LogP contribution is 2.42. The van der Waals surface area contributed by atoms with Crippen LogP contribution in [0.2, 0.25) is 0 Å². The van der Waals surface area contributed by atoms with Crippen LogP contribution in [-0.4, -0.2) is 33.2 Å². The number of rotatable bonds is 11. The molecule has 1 aliphatic rings. The molecule has 1 aliphatic heterocycles. The third-order valence-electron chi connectivity index (χ3n) is 5.50. The first kappa shape index (κ1) is 23.0. The summed E-state index contributed by atoms with van der Waals surface area (Å²) in [6, 6.07) is 20.8. The van der Waals surface area contributed by atoms with Gasteiger partial charge in [-0.1, -0.05) is 94.8 Å². The number of aryl methyl sites for hydroxylation is 1. The maximum Gasteiger partial charge on any atom is 0.359 e. The summed E-state index contributed by atoms with van der Waals surface area (Å²) in [5.41, 5.74) is 5.57. The van der Waals surface area contributed by atoms with Crippen LogP contribution in [0.5, 0.6) is 0 Å². The van der Waals surface area contributed by atoms with Crippen LogP contribution < -0.4 is 5.43 Å². The number of halogens is 1. The Morgan fingerprint density at radius 2 is 1.57 bits per heavy atom. The zero-order chi connectivity index (χ0) is 21.4. The topological polar surface area (TPSA) is 46.2 Å². The summed E-state index contributed by atoms with van der Waals surface area (Å²) in [5, 5.41) is -0.00840. The highest BCUT2D eigenvalue weighted by atomic mass is 79.9. The number of unbranched alkanes of at least 4 members (excludes halogenated alkanes) is 3. The molecule has 3 rings (SSSR count). The first-order valence-corrected chi connectivity index (χ1v) is 12.5. The maximum absolute atomic E-state index is 12.8. The molecule has 4 nitrogen and oxygen atoms in total. The van der Waals surface area contributed by atoms with E-state index in [1.807, 2.05) is 24.3 Å². The van der Waals surface area contributed by atoms with Crippen LogP contribution in [0.1, 0.15) is 43.7 Å². The number of likely N-dealkylation sites (tertiary alicyclic amines) is 1. The van der Waals surface area contributed by atoms with Crippen molar-refractivity contribution >= 4 is 39.5 Å². The number of hydrogen-bond acceptors (Lipinski definition) is 3. The van der Waals surface area contributed by atoms with Gasteiger partial charge in [-0.05, 0) is 36.8 Å². The Hall–Kier alpha value is -1.63. The van der Waals surface area contributed by atoms with Gasteiger partial charge in [-0.2, -0.15) is 5.43 Å². The Labute approximate surface area is 192 Å². The summed E-state index contributed by atoms with van der Waals surface area (Å²) in [6.07, 6.45) is 5.34. The molecular formula is C24H30BrN2O2S+. The normalized spacial score (nSPS) is 23.1. The number of alkyl halides is 1. The minimum atomic E-state index is -0.226. The van der Waals surface area contributed by atoms with Crippen molar-refractivity contribution in [3.8, 4) is 0 Å². The van der Waals surface area contributed by atoms with Crippen molar-refractivity contribution in [2.75, 3.05) is 6.54 Å². The number of carbonyl (C=O) groups is 2. The van der Waals surface area contributed by atoms with Crippen molar-refractivity contribution < 1.29 is 14.2 Å². The van der Waals surface area contributed by atoms with Gasteiger partial charge in [0.1, 0.15) is 6.54 Å². The summed E-state index contributed by atoms with van der Waals surface area (Å²) in [4.78, 5) is 24.5. The lowest BCUT2D eigenvalue weighted by molar-refractivity contribution is -0.922. The monoisotopic (exact) mass is 489 g/mol. The van der Waals surface area contributed by atoms with Crippen LogP contribution in [0.15, 0.2) is 60.7 Å². The van der Waals surface area contributed by atoms with Crippen LogP contribution in [0.25, 0.3) is 0 Å². The van der Waals surface area contributed by atoms with Crippen LogP contribution in [0.3, 0.4) is 0 Å². The van der Waals surface area contributed by atoms with Gasteiger partial charge in [-0.3, -0.25) is 4.79 Å². The molecule has 1 N–H and O–H groups in total. The third kappa shape index (κ3) is 5.74. The summed E-state index contributed by atoms with van der Waals surface area (Å²) >= 11 is 5.29. The zero-order valence-corrected chi connectivity index (χ0v) is 19.8. The molecule has 6 heteroatoms. The average Bonchev–Trinajstić information content (AvgIpc) is 2.76. The Morgan fingerprint density at radius 1 is 0.967 bits per heavy atom. The van der Waals surface area contributed by atoms with Gasteiger partial charge in [0.15, 0.2) is 10.2 Å². The van der Waals surface area contributed by atoms with E-state index >= 15 is 0 Å². The smallest absolute Gasteiger partial charge is 0.270 e. The second-order valence-electron chi connectivity index (χ2n) is 7.84. The Morgan fingerprint density at radius 3 is 2.20 bits per heavy atom. The number of quaternary nitrogens is 1. The highest BCUT2D eigenvalue weighted by molar-refractivity contribution is 9.10. The summed E-state index contributed by atoms with van der Waals surface area (Å²) < 4.78 is 0.0570. The van der Waals surface area contributed by atoms with E-state index in [0.29, 0.717) is 6.54 Å². The van der Waals surface area contributed by atoms with E-state index in [0.717, 1.165) is 37.9 Å². The van der Waals surface area contributed by atoms with E-state index < -0.39 is 0 Å². The van der Waals surface area contributed by atoms with E-state index in [1.165, 1.54) is 18.1 Å². The molecule has 160 valence electrons. The molecule has 2 aromatic rings. The molecule has 3 unspecified atom stereocenters. The molecule has 0 radical (unpaired) electrons.